The number of sulfone groups is 2. The molecule has 4 aromatic heterocycles. The Morgan fingerprint density at radius 3 is 1.37 bits per heavy atom. The number of benzene rings is 2. The molecule has 0 spiro atoms. The molecule has 8 rings (SSSR count). The summed E-state index contributed by atoms with van der Waals surface area (Å²) in [6.07, 6.45) is 3.46. The van der Waals surface area contributed by atoms with Gasteiger partial charge in [-0.3, -0.25) is 20.2 Å². The van der Waals surface area contributed by atoms with E-state index in [1.807, 2.05) is 0 Å². The molecule has 6 aromatic rings. The van der Waals surface area contributed by atoms with Gasteiger partial charge in [0.15, 0.2) is 51.7 Å². The summed E-state index contributed by atoms with van der Waals surface area (Å²) in [6.45, 7) is 0. The van der Waals surface area contributed by atoms with Crippen molar-refractivity contribution < 1.29 is 73.4 Å². The number of ketones is 2. The van der Waals surface area contributed by atoms with E-state index in [0.29, 0.717) is 60.5 Å². The van der Waals surface area contributed by atoms with Gasteiger partial charge in [0.1, 0.15) is 5.82 Å². The van der Waals surface area contributed by atoms with Crippen molar-refractivity contribution in [3.8, 4) is 0 Å². The average molecular weight is 1090 g/mol. The predicted molar refractivity (Wildman–Crippen MR) is 253 cm³/mol. The van der Waals surface area contributed by atoms with Gasteiger partial charge in [0.2, 0.25) is 19.7 Å². The minimum absolute atomic E-state index is 0.0239. The molecule has 4 heterocycles. The Morgan fingerprint density at radius 2 is 0.986 bits per heavy atom. The van der Waals surface area contributed by atoms with Gasteiger partial charge in [-0.1, -0.05) is 60.5 Å². The number of Topliss-reactive ketones (excluding diaryl/α,β-unsaturated/α-hetero) is 2. The van der Waals surface area contributed by atoms with Crippen LogP contribution in [0.25, 0.3) is 0 Å². The Balaban J connectivity index is 0.000000214. The zero-order chi connectivity index (χ0) is 52.8. The topological polar surface area (TPSA) is 311 Å². The standard InChI is InChI=1S/C23H19F3N4O6S2.C22H19FN4O6S2/c24-23(25,26)13-8-9-15(14(11-13)18(31)12-5-1-2-6-12)28-21(34)30-22-29-17(19(32)33)20(37-22)38(35,36)16-7-3-4-10-27-16;23-13-8-9-15(14(11-13)18(28)12-5-1-2-6-12)25-21(31)27-22-26-17(19(29)30)20(34-22)35(32,33)16-7-3-4-10-24-16/h3-4,7-12H,1-2,5-6H2,(H,32,33)(H2,28,29,30,34);3-4,7-12H,1-2,5-6H2,(H,29,30)(H2,25,26,27,31). The number of carbonyl (C=O) groups is 6. The number of nitrogens with zero attached hydrogens (tertiary/aromatic N) is 4. The molecule has 4 amide bonds. The smallest absolute Gasteiger partial charge is 0.416 e. The molecule has 2 aliphatic carbocycles. The van der Waals surface area contributed by atoms with E-state index in [0.717, 1.165) is 49.9 Å². The molecule has 2 fully saturated rings. The number of aromatic nitrogens is 4. The molecule has 2 aliphatic rings. The summed E-state index contributed by atoms with van der Waals surface area (Å²) in [4.78, 5) is 89.2. The van der Waals surface area contributed by atoms with Crippen molar-refractivity contribution in [3.05, 3.63) is 119 Å². The summed E-state index contributed by atoms with van der Waals surface area (Å²) in [5.41, 5.74) is -3.08. The number of halogens is 4. The van der Waals surface area contributed by atoms with E-state index in [1.54, 1.807) is 0 Å². The van der Waals surface area contributed by atoms with Crippen molar-refractivity contribution in [2.45, 2.75) is 76.0 Å². The molecule has 382 valence electrons. The number of thiazole rings is 2. The van der Waals surface area contributed by atoms with Crippen molar-refractivity contribution in [3.63, 3.8) is 0 Å². The summed E-state index contributed by atoms with van der Waals surface area (Å²) in [5, 5.41) is 26.6. The van der Waals surface area contributed by atoms with Gasteiger partial charge in [0.25, 0.3) is 0 Å². The first-order chi connectivity index (χ1) is 34.5. The number of amides is 4. The van der Waals surface area contributed by atoms with Gasteiger partial charge in [-0.15, -0.1) is 0 Å². The van der Waals surface area contributed by atoms with Gasteiger partial charge in [-0.05, 0) is 86.3 Å². The zero-order valence-electron chi connectivity index (χ0n) is 37.3. The van der Waals surface area contributed by atoms with E-state index in [2.05, 4.69) is 41.2 Å². The van der Waals surface area contributed by atoms with Crippen LogP contribution >= 0.6 is 22.7 Å². The van der Waals surface area contributed by atoms with Crippen LogP contribution in [0.15, 0.2) is 104 Å². The largest absolute Gasteiger partial charge is 0.476 e. The van der Waals surface area contributed by atoms with Crippen LogP contribution in [0.5, 0.6) is 0 Å². The minimum Gasteiger partial charge on any atom is -0.476 e. The molecule has 2 saturated carbocycles. The third kappa shape index (κ3) is 12.4. The lowest BCUT2D eigenvalue weighted by molar-refractivity contribution is -0.137. The van der Waals surface area contributed by atoms with E-state index in [9.17, 15) is 73.4 Å². The number of hydrogen-bond acceptors (Lipinski definition) is 16. The fraction of sp³-hybridized carbons (Fsp3) is 0.244. The second-order valence-corrected chi connectivity index (χ2v) is 22.2. The third-order valence-electron chi connectivity index (χ3n) is 11.2. The van der Waals surface area contributed by atoms with Crippen molar-refractivity contribution in [1.29, 1.82) is 0 Å². The number of carbonyl (C=O) groups excluding carboxylic acids is 4. The molecule has 28 heteroatoms. The van der Waals surface area contributed by atoms with Crippen LogP contribution in [0.1, 0.15) is 98.6 Å². The number of aromatic carboxylic acids is 2. The molecule has 0 aliphatic heterocycles. The first-order valence-electron chi connectivity index (χ1n) is 21.6. The summed E-state index contributed by atoms with van der Waals surface area (Å²) in [5.74, 6) is -5.44. The van der Waals surface area contributed by atoms with Gasteiger partial charge < -0.3 is 20.8 Å². The second kappa shape index (κ2) is 22.1. The number of alkyl halides is 3. The molecule has 2 aromatic carbocycles. The van der Waals surface area contributed by atoms with Crippen LogP contribution in [-0.4, -0.2) is 82.6 Å². The highest BCUT2D eigenvalue weighted by molar-refractivity contribution is 7.94. The quantitative estimate of drug-likeness (QED) is 0.0437. The summed E-state index contributed by atoms with van der Waals surface area (Å²) in [6, 6.07) is 11.9. The number of urea groups is 2. The van der Waals surface area contributed by atoms with E-state index in [4.69, 9.17) is 0 Å². The van der Waals surface area contributed by atoms with E-state index < -0.39 is 103 Å². The predicted octanol–water partition coefficient (Wildman–Crippen LogP) is 9.33. The van der Waals surface area contributed by atoms with Crippen LogP contribution in [0.4, 0.5) is 48.8 Å². The first-order valence-corrected chi connectivity index (χ1v) is 26.2. The molecule has 0 unspecified atom stereocenters. The number of anilines is 4. The lowest BCUT2D eigenvalue weighted by Crippen LogP contribution is -2.23. The van der Waals surface area contributed by atoms with Gasteiger partial charge >= 0.3 is 30.2 Å². The highest BCUT2D eigenvalue weighted by atomic mass is 32.2. The zero-order valence-corrected chi connectivity index (χ0v) is 40.6. The number of carboxylic acid groups (broad SMARTS) is 2. The van der Waals surface area contributed by atoms with Crippen LogP contribution in [0.2, 0.25) is 0 Å². The van der Waals surface area contributed by atoms with Crippen LogP contribution in [0, 0.1) is 17.7 Å². The van der Waals surface area contributed by atoms with Gasteiger partial charge in [0.05, 0.1) is 16.9 Å². The number of nitrogens with one attached hydrogen (secondary N) is 4. The molecular formula is C45H38F4N8O12S4. The fourth-order valence-corrected chi connectivity index (χ4v) is 13.0. The molecular weight excluding hydrogens is 1050 g/mol. The Morgan fingerprint density at radius 1 is 0.575 bits per heavy atom. The Bertz CT molecular complexity index is 3350. The van der Waals surface area contributed by atoms with E-state index in [-0.39, 0.29) is 44.4 Å². The minimum atomic E-state index is -4.71. The lowest BCUT2D eigenvalue weighted by atomic mass is 9.93. The van der Waals surface area contributed by atoms with Gasteiger partial charge in [-0.25, -0.2) is 60.3 Å². The Hall–Kier alpha value is -7.56. The molecule has 0 atom stereocenters. The molecule has 73 heavy (non-hydrogen) atoms. The normalized spacial score (nSPS) is 14.1. The maximum Gasteiger partial charge on any atom is 0.416 e. The first kappa shape index (κ1) is 53.2. The van der Waals surface area contributed by atoms with Crippen molar-refractivity contribution in [1.82, 2.24) is 19.9 Å². The third-order valence-corrected chi connectivity index (χ3v) is 17.5. The molecule has 0 saturated heterocycles. The van der Waals surface area contributed by atoms with Crippen molar-refractivity contribution in [2.24, 2.45) is 11.8 Å². The highest BCUT2D eigenvalue weighted by Crippen LogP contribution is 2.37. The van der Waals surface area contributed by atoms with Crippen LogP contribution in [-0.2, 0) is 25.9 Å². The number of carboxylic acids is 2. The number of hydrogen-bond donors (Lipinski definition) is 6. The summed E-state index contributed by atoms with van der Waals surface area (Å²) >= 11 is 0.801. The fourth-order valence-electron chi connectivity index (χ4n) is 7.74. The van der Waals surface area contributed by atoms with Crippen LogP contribution in [0.3, 0.4) is 0 Å². The lowest BCUT2D eigenvalue weighted by Gasteiger charge is -2.16. The van der Waals surface area contributed by atoms with Gasteiger partial charge in [0, 0.05) is 35.4 Å². The maximum atomic E-state index is 13.8. The van der Waals surface area contributed by atoms with Crippen molar-refractivity contribution in [2.75, 3.05) is 21.3 Å². The average Bonchev–Trinajstić information content (AvgIpc) is 4.21. The monoisotopic (exact) mass is 1090 g/mol. The molecule has 6 N–H and O–H groups in total. The maximum absolute atomic E-state index is 13.8. The van der Waals surface area contributed by atoms with E-state index in [1.165, 1.54) is 48.8 Å². The van der Waals surface area contributed by atoms with Crippen molar-refractivity contribution >= 4 is 99.6 Å². The van der Waals surface area contributed by atoms with Crippen LogP contribution < -0.4 is 21.3 Å². The highest BCUT2D eigenvalue weighted by Gasteiger charge is 2.36. The van der Waals surface area contributed by atoms with E-state index >= 15 is 0 Å². The molecule has 0 radical (unpaired) electrons. The summed E-state index contributed by atoms with van der Waals surface area (Å²) in [7, 11) is -8.71. The Labute approximate surface area is 419 Å². The second-order valence-electron chi connectivity index (χ2n) is 16.1. The SMILES string of the molecule is O=C(Nc1nc(C(=O)O)c(S(=O)(=O)c2ccccn2)s1)Nc1ccc(C(F)(F)F)cc1C(=O)C1CCCC1.O=C(Nc1nc(C(=O)O)c(S(=O)(=O)c2ccccn2)s1)Nc1ccc(F)cc1C(=O)C1CCCC1. The number of pyridine rings is 2. The number of rotatable bonds is 14. The molecule has 20 nitrogen and oxygen atoms in total. The summed E-state index contributed by atoms with van der Waals surface area (Å²) < 4.78 is 104. The van der Waals surface area contributed by atoms with Gasteiger partial charge in [-0.2, -0.15) is 13.2 Å². The Kier molecular flexibility index (Phi) is 16.1. The molecule has 0 bridgehead atoms.